The quantitative estimate of drug-likeness (QED) is 0.732. The zero-order valence-corrected chi connectivity index (χ0v) is 14.3. The second-order valence-corrected chi connectivity index (χ2v) is 7.75. The van der Waals surface area contributed by atoms with Crippen molar-refractivity contribution in [3.05, 3.63) is 76.3 Å². The highest BCUT2D eigenvalue weighted by Crippen LogP contribution is 2.21. The highest BCUT2D eigenvalue weighted by Gasteiger charge is 2.14. The molecule has 1 N–H and O–H groups in total. The van der Waals surface area contributed by atoms with Gasteiger partial charge >= 0.3 is 0 Å². The molecule has 0 radical (unpaired) electrons. The van der Waals surface area contributed by atoms with E-state index in [0.717, 1.165) is 10.8 Å². The van der Waals surface area contributed by atoms with Gasteiger partial charge in [0.2, 0.25) is 10.0 Å². The molecule has 0 saturated carbocycles. The maximum atomic E-state index is 12.4. The fraction of sp³-hybridized carbons (Fsp3) is 0.0588. The number of rotatable bonds is 4. The summed E-state index contributed by atoms with van der Waals surface area (Å²) in [5, 5.41) is 2.81. The Morgan fingerprint density at radius 1 is 0.826 bits per heavy atom. The van der Waals surface area contributed by atoms with E-state index < -0.39 is 10.0 Å². The first kappa shape index (κ1) is 16.3. The van der Waals surface area contributed by atoms with Crippen molar-refractivity contribution >= 4 is 44.0 Å². The van der Waals surface area contributed by atoms with Crippen molar-refractivity contribution in [1.29, 1.82) is 0 Å². The van der Waals surface area contributed by atoms with Gasteiger partial charge in [0.1, 0.15) is 0 Å². The van der Waals surface area contributed by atoms with Crippen LogP contribution in [0.15, 0.2) is 65.6 Å². The molecule has 3 aromatic rings. The lowest BCUT2D eigenvalue weighted by Gasteiger charge is -2.09. The molecule has 0 amide bonds. The molecular formula is C17H13Cl2NO2S. The van der Waals surface area contributed by atoms with Gasteiger partial charge in [0, 0.05) is 16.6 Å². The van der Waals surface area contributed by atoms with Gasteiger partial charge in [-0.05, 0) is 46.7 Å². The monoisotopic (exact) mass is 365 g/mol. The maximum Gasteiger partial charge on any atom is 0.240 e. The third kappa shape index (κ3) is 3.85. The van der Waals surface area contributed by atoms with E-state index in [1.54, 1.807) is 36.4 Å². The first-order valence-corrected chi connectivity index (χ1v) is 9.11. The lowest BCUT2D eigenvalue weighted by atomic mass is 10.1. The second kappa shape index (κ2) is 6.49. The Balaban J connectivity index is 1.85. The normalized spacial score (nSPS) is 11.7. The summed E-state index contributed by atoms with van der Waals surface area (Å²) < 4.78 is 27.4. The molecule has 0 fully saturated rings. The molecule has 0 heterocycles. The smallest absolute Gasteiger partial charge is 0.207 e. The number of hydrogen-bond donors (Lipinski definition) is 1. The minimum absolute atomic E-state index is 0.120. The Hall–Kier alpha value is -1.59. The van der Waals surface area contributed by atoms with Gasteiger partial charge in [-0.15, -0.1) is 0 Å². The predicted molar refractivity (Wildman–Crippen MR) is 94.4 cm³/mol. The van der Waals surface area contributed by atoms with Crippen LogP contribution in [0.1, 0.15) is 5.56 Å². The number of nitrogens with one attached hydrogen (secondary N) is 1. The molecule has 0 aromatic heterocycles. The molecular weight excluding hydrogens is 353 g/mol. The van der Waals surface area contributed by atoms with E-state index in [1.807, 2.05) is 24.3 Å². The van der Waals surface area contributed by atoms with Crippen LogP contribution in [-0.4, -0.2) is 8.42 Å². The molecule has 0 bridgehead atoms. The molecule has 23 heavy (non-hydrogen) atoms. The molecule has 0 unspecified atom stereocenters. The number of sulfonamides is 1. The second-order valence-electron chi connectivity index (χ2n) is 5.11. The maximum absolute atomic E-state index is 12.4. The Bertz CT molecular complexity index is 951. The van der Waals surface area contributed by atoms with Gasteiger partial charge in [-0.3, -0.25) is 0 Å². The van der Waals surface area contributed by atoms with Gasteiger partial charge in [0.05, 0.1) is 4.90 Å². The zero-order chi connectivity index (χ0) is 16.4. The number of fused-ring (bicyclic) bond motifs is 1. The third-order valence-corrected chi connectivity index (χ3v) is 5.26. The van der Waals surface area contributed by atoms with Gasteiger partial charge in [0.25, 0.3) is 0 Å². The van der Waals surface area contributed by atoms with Gasteiger partial charge in [-0.1, -0.05) is 53.5 Å². The summed E-state index contributed by atoms with van der Waals surface area (Å²) in [5.41, 5.74) is 0.701. The van der Waals surface area contributed by atoms with E-state index >= 15 is 0 Å². The largest absolute Gasteiger partial charge is 0.240 e. The molecule has 0 atom stereocenters. The van der Waals surface area contributed by atoms with Crippen LogP contribution in [0, 0.1) is 0 Å². The van der Waals surface area contributed by atoms with Crippen molar-refractivity contribution < 1.29 is 8.42 Å². The van der Waals surface area contributed by atoms with Gasteiger partial charge in [-0.2, -0.15) is 0 Å². The summed E-state index contributed by atoms with van der Waals surface area (Å²) in [6.07, 6.45) is 0. The molecule has 0 aliphatic carbocycles. The van der Waals surface area contributed by atoms with Crippen LogP contribution in [0.4, 0.5) is 0 Å². The summed E-state index contributed by atoms with van der Waals surface area (Å²) >= 11 is 11.8. The fourth-order valence-corrected chi connectivity index (χ4v) is 3.93. The summed E-state index contributed by atoms with van der Waals surface area (Å²) in [7, 11) is -3.61. The third-order valence-electron chi connectivity index (χ3n) is 3.42. The van der Waals surface area contributed by atoms with E-state index in [1.165, 1.54) is 0 Å². The Kier molecular flexibility index (Phi) is 4.60. The number of benzene rings is 3. The number of hydrogen-bond acceptors (Lipinski definition) is 2. The van der Waals surface area contributed by atoms with E-state index in [2.05, 4.69) is 4.72 Å². The van der Waals surface area contributed by atoms with Crippen LogP contribution in [-0.2, 0) is 16.6 Å². The lowest BCUT2D eigenvalue weighted by molar-refractivity contribution is 0.581. The van der Waals surface area contributed by atoms with E-state index in [-0.39, 0.29) is 11.4 Å². The summed E-state index contributed by atoms with van der Waals surface area (Å²) in [4.78, 5) is 0.226. The first-order valence-electron chi connectivity index (χ1n) is 6.87. The number of halogens is 2. The van der Waals surface area contributed by atoms with Gasteiger partial charge in [-0.25, -0.2) is 13.1 Å². The average molecular weight is 366 g/mol. The van der Waals surface area contributed by atoms with Crippen molar-refractivity contribution in [1.82, 2.24) is 4.72 Å². The first-order chi connectivity index (χ1) is 10.9. The van der Waals surface area contributed by atoms with E-state index in [9.17, 15) is 8.42 Å². The summed E-state index contributed by atoms with van der Waals surface area (Å²) in [6, 6.07) is 17.6. The highest BCUT2D eigenvalue weighted by atomic mass is 35.5. The predicted octanol–water partition coefficient (Wildman–Crippen LogP) is 4.63. The summed E-state index contributed by atoms with van der Waals surface area (Å²) in [6.45, 7) is 0.120. The average Bonchev–Trinajstić information content (AvgIpc) is 2.52. The van der Waals surface area contributed by atoms with Crippen molar-refractivity contribution in [2.24, 2.45) is 0 Å². The zero-order valence-electron chi connectivity index (χ0n) is 12.0. The van der Waals surface area contributed by atoms with Crippen molar-refractivity contribution in [2.75, 3.05) is 0 Å². The Morgan fingerprint density at radius 3 is 2.17 bits per heavy atom. The van der Waals surface area contributed by atoms with Crippen LogP contribution in [0.2, 0.25) is 10.0 Å². The molecule has 0 aliphatic rings. The molecule has 3 nitrogen and oxygen atoms in total. The van der Waals surface area contributed by atoms with Crippen LogP contribution in [0.3, 0.4) is 0 Å². The van der Waals surface area contributed by atoms with Crippen LogP contribution in [0.25, 0.3) is 10.8 Å². The minimum Gasteiger partial charge on any atom is -0.207 e. The minimum atomic E-state index is -3.61. The molecule has 0 saturated heterocycles. The molecule has 3 rings (SSSR count). The highest BCUT2D eigenvalue weighted by molar-refractivity contribution is 7.89. The molecule has 0 spiro atoms. The van der Waals surface area contributed by atoms with Crippen LogP contribution < -0.4 is 4.72 Å². The Morgan fingerprint density at radius 2 is 1.48 bits per heavy atom. The van der Waals surface area contributed by atoms with Crippen LogP contribution >= 0.6 is 23.2 Å². The van der Waals surface area contributed by atoms with E-state index in [4.69, 9.17) is 23.2 Å². The standard InChI is InChI=1S/C17H13Cl2NO2S/c18-15-7-12(8-16(19)10-15)11-20-23(21,22)17-6-5-13-3-1-2-4-14(13)9-17/h1-10,20H,11H2. The molecule has 6 heteroatoms. The van der Waals surface area contributed by atoms with Crippen molar-refractivity contribution in [3.63, 3.8) is 0 Å². The van der Waals surface area contributed by atoms with E-state index in [0.29, 0.717) is 15.6 Å². The SMILES string of the molecule is O=S(=O)(NCc1cc(Cl)cc(Cl)c1)c1ccc2ccccc2c1. The molecule has 0 aliphatic heterocycles. The van der Waals surface area contributed by atoms with Crippen molar-refractivity contribution in [2.45, 2.75) is 11.4 Å². The lowest BCUT2D eigenvalue weighted by Crippen LogP contribution is -2.23. The Labute approximate surface area is 144 Å². The molecule has 118 valence electrons. The topological polar surface area (TPSA) is 46.2 Å². The molecule has 3 aromatic carbocycles. The van der Waals surface area contributed by atoms with Crippen LogP contribution in [0.5, 0.6) is 0 Å². The van der Waals surface area contributed by atoms with Crippen molar-refractivity contribution in [3.8, 4) is 0 Å². The fourth-order valence-electron chi connectivity index (χ4n) is 2.31. The van der Waals surface area contributed by atoms with Gasteiger partial charge in [0.15, 0.2) is 0 Å². The summed E-state index contributed by atoms with van der Waals surface area (Å²) in [5.74, 6) is 0. The van der Waals surface area contributed by atoms with Gasteiger partial charge < -0.3 is 0 Å².